The lowest BCUT2D eigenvalue weighted by atomic mass is 10.1. The molecule has 0 aliphatic rings. The minimum atomic E-state index is -0.977. The van der Waals surface area contributed by atoms with Crippen LogP contribution in [-0.2, 0) is 7.05 Å². The fourth-order valence-electron chi connectivity index (χ4n) is 3.13. The molecule has 0 radical (unpaired) electrons. The summed E-state index contributed by atoms with van der Waals surface area (Å²) < 4.78 is 28.4. The topological polar surface area (TPSA) is 72.7 Å². The second-order valence-corrected chi connectivity index (χ2v) is 7.68. The zero-order valence-corrected chi connectivity index (χ0v) is 17.9. The fourth-order valence-corrected chi connectivity index (χ4v) is 3.26. The number of aromatic nitrogens is 4. The minimum Gasteiger partial charge on any atom is -0.344 e. The number of nitrogens with one attached hydrogen (secondary N) is 1. The Labute approximate surface area is 187 Å². The van der Waals surface area contributed by atoms with Crippen molar-refractivity contribution in [1.29, 1.82) is 0 Å². The van der Waals surface area contributed by atoms with Crippen molar-refractivity contribution >= 4 is 17.5 Å². The highest BCUT2D eigenvalue weighted by Crippen LogP contribution is 2.24. The van der Waals surface area contributed by atoms with Gasteiger partial charge in [0.05, 0.1) is 23.5 Å². The number of benzene rings is 2. The molecule has 1 N–H and O–H groups in total. The van der Waals surface area contributed by atoms with E-state index in [-0.39, 0.29) is 5.69 Å². The molecule has 6 nitrogen and oxygen atoms in total. The molecule has 0 spiro atoms. The zero-order valence-electron chi connectivity index (χ0n) is 17.2. The van der Waals surface area contributed by atoms with Gasteiger partial charge >= 0.3 is 0 Å². The Morgan fingerprint density at radius 3 is 2.44 bits per heavy atom. The van der Waals surface area contributed by atoms with Crippen molar-refractivity contribution in [3.8, 4) is 22.6 Å². The first-order valence-corrected chi connectivity index (χ1v) is 10.1. The molecule has 0 aliphatic carbocycles. The Hall–Kier alpha value is -3.65. The summed E-state index contributed by atoms with van der Waals surface area (Å²) in [6.07, 6.45) is 3.35. The van der Waals surface area contributed by atoms with Crippen molar-refractivity contribution in [1.82, 2.24) is 25.1 Å². The highest BCUT2D eigenvalue weighted by atomic mass is 35.5. The molecule has 4 aromatic rings. The number of aryl methyl sites for hydroxylation is 1. The van der Waals surface area contributed by atoms with E-state index in [0.29, 0.717) is 27.7 Å². The van der Waals surface area contributed by atoms with E-state index in [1.807, 2.05) is 0 Å². The average Bonchev–Trinajstić information content (AvgIpc) is 3.22. The zero-order chi connectivity index (χ0) is 22.8. The summed E-state index contributed by atoms with van der Waals surface area (Å²) in [5, 5.41) is 7.49. The molecule has 2 aromatic carbocycles. The Morgan fingerprint density at radius 2 is 1.78 bits per heavy atom. The lowest BCUT2D eigenvalue weighted by Crippen LogP contribution is -2.28. The molecule has 1 unspecified atom stereocenters. The van der Waals surface area contributed by atoms with Crippen molar-refractivity contribution in [3.05, 3.63) is 88.8 Å². The number of halogens is 3. The van der Waals surface area contributed by atoms with Crippen LogP contribution in [0.15, 0.2) is 60.9 Å². The van der Waals surface area contributed by atoms with Gasteiger partial charge < -0.3 is 5.32 Å². The SMILES string of the molecule is CC(NC(=O)c1cc(-c2ccc(Cl)cc2)nc(-c2cnn(C)c2)n1)c1ccc(F)c(F)c1. The van der Waals surface area contributed by atoms with Crippen LogP contribution < -0.4 is 5.32 Å². The molecule has 9 heteroatoms. The first-order chi connectivity index (χ1) is 15.3. The van der Waals surface area contributed by atoms with Crippen LogP contribution in [0.25, 0.3) is 22.6 Å². The molecule has 4 rings (SSSR count). The highest BCUT2D eigenvalue weighted by molar-refractivity contribution is 6.30. The van der Waals surface area contributed by atoms with E-state index in [1.54, 1.807) is 61.4 Å². The molecule has 0 aliphatic heterocycles. The third-order valence-electron chi connectivity index (χ3n) is 4.85. The maximum absolute atomic E-state index is 13.6. The van der Waals surface area contributed by atoms with Crippen LogP contribution in [0.5, 0.6) is 0 Å². The lowest BCUT2D eigenvalue weighted by molar-refractivity contribution is 0.0934. The van der Waals surface area contributed by atoms with Gasteiger partial charge in [0.2, 0.25) is 0 Å². The highest BCUT2D eigenvalue weighted by Gasteiger charge is 2.18. The van der Waals surface area contributed by atoms with Crippen LogP contribution in [0.3, 0.4) is 0 Å². The molecular weight excluding hydrogens is 436 g/mol. The molecular formula is C23H18ClF2N5O. The fraction of sp³-hybridized carbons (Fsp3) is 0.130. The summed E-state index contributed by atoms with van der Waals surface area (Å²) >= 11 is 5.99. The maximum atomic E-state index is 13.6. The summed E-state index contributed by atoms with van der Waals surface area (Å²) in [5.74, 6) is -2.08. The van der Waals surface area contributed by atoms with Crippen LogP contribution in [-0.4, -0.2) is 25.7 Å². The van der Waals surface area contributed by atoms with E-state index in [0.717, 1.165) is 17.7 Å². The number of carbonyl (C=O) groups is 1. The quantitative estimate of drug-likeness (QED) is 0.463. The Morgan fingerprint density at radius 1 is 1.03 bits per heavy atom. The van der Waals surface area contributed by atoms with Crippen LogP contribution in [0.1, 0.15) is 29.0 Å². The molecule has 0 bridgehead atoms. The summed E-state index contributed by atoms with van der Waals surface area (Å²) in [4.78, 5) is 22.0. The van der Waals surface area contributed by atoms with Crippen molar-refractivity contribution in [3.63, 3.8) is 0 Å². The van der Waals surface area contributed by atoms with Crippen LogP contribution in [0, 0.1) is 11.6 Å². The molecule has 2 aromatic heterocycles. The standard InChI is InChI=1S/C23H18ClF2N5O/c1-13(15-5-8-18(25)19(26)9-15)28-23(32)21-10-20(14-3-6-17(24)7-4-14)29-22(30-21)16-11-27-31(2)12-16/h3-13H,1-2H3,(H,28,32). The predicted octanol–water partition coefficient (Wildman–Crippen LogP) is 4.97. The minimum absolute atomic E-state index is 0.123. The average molecular weight is 454 g/mol. The molecule has 1 atom stereocenters. The first kappa shape index (κ1) is 21.6. The summed E-state index contributed by atoms with van der Waals surface area (Å²) in [5.41, 5.74) is 2.48. The van der Waals surface area contributed by atoms with Crippen LogP contribution in [0.2, 0.25) is 5.02 Å². The number of nitrogens with zero attached hydrogens (tertiary/aromatic N) is 4. The number of rotatable bonds is 5. The van der Waals surface area contributed by atoms with Gasteiger partial charge in [0.15, 0.2) is 17.5 Å². The van der Waals surface area contributed by atoms with Gasteiger partial charge in [-0.25, -0.2) is 18.7 Å². The van der Waals surface area contributed by atoms with E-state index in [9.17, 15) is 13.6 Å². The van der Waals surface area contributed by atoms with E-state index in [4.69, 9.17) is 11.6 Å². The van der Waals surface area contributed by atoms with Crippen LogP contribution >= 0.6 is 11.6 Å². The molecule has 2 heterocycles. The van der Waals surface area contributed by atoms with Gasteiger partial charge in [0, 0.05) is 23.8 Å². The maximum Gasteiger partial charge on any atom is 0.270 e. The van der Waals surface area contributed by atoms with Gasteiger partial charge in [-0.2, -0.15) is 5.10 Å². The van der Waals surface area contributed by atoms with Gasteiger partial charge in [0.25, 0.3) is 5.91 Å². The number of hydrogen-bond donors (Lipinski definition) is 1. The predicted molar refractivity (Wildman–Crippen MR) is 117 cm³/mol. The second-order valence-electron chi connectivity index (χ2n) is 7.24. The summed E-state index contributed by atoms with van der Waals surface area (Å²) in [6.45, 7) is 1.67. The van der Waals surface area contributed by atoms with Crippen molar-refractivity contribution in [2.75, 3.05) is 0 Å². The largest absolute Gasteiger partial charge is 0.344 e. The van der Waals surface area contributed by atoms with Gasteiger partial charge in [-0.1, -0.05) is 29.8 Å². The normalized spacial score (nSPS) is 11.9. The Bertz CT molecular complexity index is 1290. The van der Waals surface area contributed by atoms with Crippen molar-refractivity contribution in [2.45, 2.75) is 13.0 Å². The van der Waals surface area contributed by atoms with Crippen molar-refractivity contribution < 1.29 is 13.6 Å². The molecule has 0 fully saturated rings. The van der Waals surface area contributed by atoms with E-state index in [2.05, 4.69) is 20.4 Å². The van der Waals surface area contributed by atoms with Gasteiger partial charge in [-0.3, -0.25) is 9.48 Å². The Balaban J connectivity index is 1.69. The molecule has 162 valence electrons. The summed E-state index contributed by atoms with van der Waals surface area (Å²) in [7, 11) is 1.77. The second kappa shape index (κ2) is 8.84. The Kier molecular flexibility index (Phi) is 5.96. The molecule has 32 heavy (non-hydrogen) atoms. The first-order valence-electron chi connectivity index (χ1n) is 9.70. The molecule has 0 saturated heterocycles. The van der Waals surface area contributed by atoms with E-state index < -0.39 is 23.6 Å². The monoisotopic (exact) mass is 453 g/mol. The third kappa shape index (κ3) is 4.65. The van der Waals surface area contributed by atoms with E-state index in [1.165, 1.54) is 6.07 Å². The third-order valence-corrected chi connectivity index (χ3v) is 5.11. The van der Waals surface area contributed by atoms with Crippen molar-refractivity contribution in [2.24, 2.45) is 7.05 Å². The van der Waals surface area contributed by atoms with Gasteiger partial charge in [-0.05, 0) is 42.8 Å². The number of amides is 1. The lowest BCUT2D eigenvalue weighted by Gasteiger charge is -2.15. The van der Waals surface area contributed by atoms with Crippen LogP contribution in [0.4, 0.5) is 8.78 Å². The molecule has 1 amide bonds. The molecule has 0 saturated carbocycles. The van der Waals surface area contributed by atoms with Gasteiger partial charge in [-0.15, -0.1) is 0 Å². The van der Waals surface area contributed by atoms with Gasteiger partial charge in [0.1, 0.15) is 5.69 Å². The number of hydrogen-bond acceptors (Lipinski definition) is 4. The number of carbonyl (C=O) groups excluding carboxylic acids is 1. The smallest absolute Gasteiger partial charge is 0.270 e. The van der Waals surface area contributed by atoms with E-state index >= 15 is 0 Å². The summed E-state index contributed by atoms with van der Waals surface area (Å²) in [6, 6.07) is 11.5.